The van der Waals surface area contributed by atoms with E-state index in [0.717, 1.165) is 41.7 Å². The van der Waals surface area contributed by atoms with Gasteiger partial charge in [0.1, 0.15) is 5.82 Å². The quantitative estimate of drug-likeness (QED) is 0.517. The van der Waals surface area contributed by atoms with Crippen LogP contribution in [0.1, 0.15) is 30.9 Å². The zero-order valence-electron chi connectivity index (χ0n) is 18.1. The highest BCUT2D eigenvalue weighted by Gasteiger charge is 2.24. The molecule has 0 aliphatic carbocycles. The van der Waals surface area contributed by atoms with E-state index < -0.39 is 0 Å². The summed E-state index contributed by atoms with van der Waals surface area (Å²) in [6, 6.07) is 13.3. The fourth-order valence-electron chi connectivity index (χ4n) is 4.07. The van der Waals surface area contributed by atoms with Crippen molar-refractivity contribution in [3.05, 3.63) is 47.5 Å². The number of hydrogen-bond donors (Lipinski definition) is 3. The van der Waals surface area contributed by atoms with Gasteiger partial charge in [-0.05, 0) is 49.6 Å². The van der Waals surface area contributed by atoms with Crippen LogP contribution < -0.4 is 21.3 Å². The van der Waals surface area contributed by atoms with E-state index in [1.54, 1.807) is 25.1 Å². The van der Waals surface area contributed by atoms with Gasteiger partial charge in [-0.15, -0.1) is 12.4 Å². The molecule has 1 aromatic heterocycles. The van der Waals surface area contributed by atoms with Crippen molar-refractivity contribution in [2.75, 3.05) is 29.0 Å². The molecule has 3 aromatic rings. The van der Waals surface area contributed by atoms with Gasteiger partial charge in [-0.1, -0.05) is 12.1 Å². The van der Waals surface area contributed by atoms with Gasteiger partial charge in [0.05, 0.1) is 17.1 Å². The number of fused-ring (bicyclic) bond motifs is 1. The molecule has 0 saturated carbocycles. The number of nitrogens with two attached hydrogens (primary N) is 1. The number of amides is 1. The normalized spacial score (nSPS) is 15.5. The van der Waals surface area contributed by atoms with Crippen molar-refractivity contribution in [3.63, 3.8) is 0 Å². The molecule has 32 heavy (non-hydrogen) atoms. The first-order valence-electron chi connectivity index (χ1n) is 10.3. The molecule has 8 nitrogen and oxygen atoms in total. The molecule has 1 amide bonds. The number of carbonyl (C=O) groups is 1. The van der Waals surface area contributed by atoms with E-state index in [-0.39, 0.29) is 24.4 Å². The average molecular weight is 452 g/mol. The van der Waals surface area contributed by atoms with Crippen molar-refractivity contribution >= 4 is 52.4 Å². The second-order valence-corrected chi connectivity index (χ2v) is 7.91. The summed E-state index contributed by atoms with van der Waals surface area (Å²) in [4.78, 5) is 23.3. The third-order valence-electron chi connectivity index (χ3n) is 5.38. The van der Waals surface area contributed by atoms with Gasteiger partial charge in [-0.25, -0.2) is 4.98 Å². The number of hydrogen-bond acceptors (Lipinski definition) is 7. The molecule has 1 fully saturated rings. The molecule has 2 heterocycles. The largest absolute Gasteiger partial charge is 0.399 e. The first-order chi connectivity index (χ1) is 14.9. The molecule has 0 bridgehead atoms. The lowest BCUT2D eigenvalue weighted by molar-refractivity contribution is -0.119. The van der Waals surface area contributed by atoms with E-state index in [1.165, 1.54) is 0 Å². The molecule has 9 heteroatoms. The Morgan fingerprint density at radius 3 is 2.84 bits per heavy atom. The van der Waals surface area contributed by atoms with Crippen LogP contribution >= 0.6 is 12.4 Å². The second kappa shape index (κ2) is 9.71. The van der Waals surface area contributed by atoms with E-state index in [4.69, 9.17) is 15.7 Å². The molecule has 1 saturated heterocycles. The summed E-state index contributed by atoms with van der Waals surface area (Å²) < 4.78 is 0. The standard InChI is InChI=1S/C23H25N7O.ClH/c1-14-5-3-7-20-21(14)28-23(27-19-10-16(12-24)9-17(25)11-19)29-22(20)30-8-4-6-18(13-30)26-15(2)31;/h3,5,7,9-11,18H,4,6,8,13,25H2,1-2H3,(H,26,31)(H,27,28,29);1H. The van der Waals surface area contributed by atoms with Crippen LogP contribution in [0.2, 0.25) is 0 Å². The number of rotatable bonds is 4. The molecule has 1 aliphatic rings. The van der Waals surface area contributed by atoms with Crippen molar-refractivity contribution in [2.24, 2.45) is 0 Å². The Hall–Kier alpha value is -3.57. The minimum atomic E-state index is -0.0208. The smallest absolute Gasteiger partial charge is 0.229 e. The van der Waals surface area contributed by atoms with Crippen LogP contribution in [-0.4, -0.2) is 35.0 Å². The van der Waals surface area contributed by atoms with Gasteiger partial charge < -0.3 is 21.3 Å². The highest BCUT2D eigenvalue weighted by Crippen LogP contribution is 2.30. The summed E-state index contributed by atoms with van der Waals surface area (Å²) in [5.74, 6) is 1.25. The Morgan fingerprint density at radius 1 is 1.28 bits per heavy atom. The molecule has 0 radical (unpaired) electrons. The van der Waals surface area contributed by atoms with Gasteiger partial charge in [0.15, 0.2) is 0 Å². The minimum absolute atomic E-state index is 0. The molecular weight excluding hydrogens is 426 g/mol. The van der Waals surface area contributed by atoms with Crippen LogP contribution in [0, 0.1) is 18.3 Å². The minimum Gasteiger partial charge on any atom is -0.399 e. The zero-order chi connectivity index (χ0) is 22.0. The number of nitriles is 1. The number of carbonyl (C=O) groups excluding carboxylic acids is 1. The predicted molar refractivity (Wildman–Crippen MR) is 129 cm³/mol. The summed E-state index contributed by atoms with van der Waals surface area (Å²) >= 11 is 0. The number of nitrogens with zero attached hydrogens (tertiary/aromatic N) is 4. The van der Waals surface area contributed by atoms with Gasteiger partial charge in [0, 0.05) is 42.8 Å². The third-order valence-corrected chi connectivity index (χ3v) is 5.38. The zero-order valence-corrected chi connectivity index (χ0v) is 18.9. The molecular formula is C23H26ClN7O. The first kappa shape index (κ1) is 23.1. The number of halogens is 1. The molecule has 166 valence electrons. The van der Waals surface area contributed by atoms with E-state index in [2.05, 4.69) is 21.6 Å². The van der Waals surface area contributed by atoms with Crippen LogP contribution in [0.3, 0.4) is 0 Å². The average Bonchev–Trinajstić information content (AvgIpc) is 2.73. The monoisotopic (exact) mass is 451 g/mol. The predicted octanol–water partition coefficient (Wildman–Crippen LogP) is 3.66. The van der Waals surface area contributed by atoms with Crippen LogP contribution in [0.25, 0.3) is 10.9 Å². The topological polar surface area (TPSA) is 120 Å². The number of aryl methyl sites for hydroxylation is 1. The van der Waals surface area contributed by atoms with Gasteiger partial charge in [-0.2, -0.15) is 10.2 Å². The Labute approximate surface area is 193 Å². The van der Waals surface area contributed by atoms with E-state index in [1.807, 2.05) is 25.1 Å². The number of piperidine rings is 1. The Morgan fingerprint density at radius 2 is 2.09 bits per heavy atom. The maximum atomic E-state index is 11.6. The fraction of sp³-hybridized carbons (Fsp3) is 0.304. The summed E-state index contributed by atoms with van der Waals surface area (Å²) in [6.07, 6.45) is 1.91. The molecule has 0 spiro atoms. The van der Waals surface area contributed by atoms with Crippen LogP contribution in [0.4, 0.5) is 23.1 Å². The molecule has 1 atom stereocenters. The second-order valence-electron chi connectivity index (χ2n) is 7.91. The highest BCUT2D eigenvalue weighted by atomic mass is 35.5. The maximum Gasteiger partial charge on any atom is 0.229 e. The van der Waals surface area contributed by atoms with Crippen LogP contribution in [0.5, 0.6) is 0 Å². The van der Waals surface area contributed by atoms with Gasteiger partial charge >= 0.3 is 0 Å². The van der Waals surface area contributed by atoms with Gasteiger partial charge in [0.25, 0.3) is 0 Å². The lowest BCUT2D eigenvalue weighted by Crippen LogP contribution is -2.47. The molecule has 4 rings (SSSR count). The number of para-hydroxylation sites is 1. The molecule has 2 aromatic carbocycles. The number of anilines is 4. The SMILES string of the molecule is CC(=O)NC1CCCN(c2nc(Nc3cc(N)cc(C#N)c3)nc3c(C)cccc23)C1.Cl. The number of nitrogen functional groups attached to an aromatic ring is 1. The number of nitrogens with one attached hydrogen (secondary N) is 2. The van der Waals surface area contributed by atoms with Crippen LogP contribution in [0.15, 0.2) is 36.4 Å². The van der Waals surface area contributed by atoms with Crippen molar-refractivity contribution < 1.29 is 4.79 Å². The summed E-state index contributed by atoms with van der Waals surface area (Å²) in [5.41, 5.74) is 9.46. The van der Waals surface area contributed by atoms with Crippen molar-refractivity contribution in [2.45, 2.75) is 32.7 Å². The molecule has 1 unspecified atom stereocenters. The van der Waals surface area contributed by atoms with Gasteiger partial charge in [0.2, 0.25) is 11.9 Å². The summed E-state index contributed by atoms with van der Waals surface area (Å²) in [7, 11) is 0. The lowest BCUT2D eigenvalue weighted by atomic mass is 10.0. The number of aromatic nitrogens is 2. The third kappa shape index (κ3) is 5.01. The van der Waals surface area contributed by atoms with E-state index in [9.17, 15) is 10.1 Å². The molecule has 1 aliphatic heterocycles. The summed E-state index contributed by atoms with van der Waals surface area (Å²) in [5, 5.41) is 16.4. The van der Waals surface area contributed by atoms with Crippen molar-refractivity contribution in [1.29, 1.82) is 5.26 Å². The summed E-state index contributed by atoms with van der Waals surface area (Å²) in [6.45, 7) is 5.11. The highest BCUT2D eigenvalue weighted by molar-refractivity contribution is 5.93. The molecule has 4 N–H and O–H groups in total. The lowest BCUT2D eigenvalue weighted by Gasteiger charge is -2.34. The van der Waals surface area contributed by atoms with Gasteiger partial charge in [-0.3, -0.25) is 4.79 Å². The Kier molecular flexibility index (Phi) is 7.01. The Balaban J connectivity index is 0.00000289. The van der Waals surface area contributed by atoms with Crippen molar-refractivity contribution in [3.8, 4) is 6.07 Å². The van der Waals surface area contributed by atoms with Crippen LogP contribution in [-0.2, 0) is 4.79 Å². The van der Waals surface area contributed by atoms with E-state index in [0.29, 0.717) is 29.4 Å². The van der Waals surface area contributed by atoms with E-state index >= 15 is 0 Å². The fourth-order valence-corrected chi connectivity index (χ4v) is 4.07. The number of benzene rings is 2. The Bertz CT molecular complexity index is 1190. The van der Waals surface area contributed by atoms with Crippen molar-refractivity contribution in [1.82, 2.24) is 15.3 Å². The maximum absolute atomic E-state index is 11.6. The first-order valence-corrected chi connectivity index (χ1v) is 10.3.